The number of carbonyl (C=O) groups is 3. The third kappa shape index (κ3) is 4.39. The highest BCUT2D eigenvalue weighted by Gasteiger charge is 2.31. The summed E-state index contributed by atoms with van der Waals surface area (Å²) in [5, 5.41) is 0. The second kappa shape index (κ2) is 7.56. The summed E-state index contributed by atoms with van der Waals surface area (Å²) in [5.74, 6) is -2.13. The van der Waals surface area contributed by atoms with Crippen LogP contribution in [0, 0.1) is 0 Å². The number of methoxy groups -OCH3 is 1. The first-order valence-electron chi connectivity index (χ1n) is 8.24. The molecule has 2 rings (SSSR count). The summed E-state index contributed by atoms with van der Waals surface area (Å²) in [6.45, 7) is 6.58. The van der Waals surface area contributed by atoms with Crippen LogP contribution in [0.25, 0.3) is 0 Å². The Morgan fingerprint density at radius 1 is 1.08 bits per heavy atom. The minimum absolute atomic E-state index is 0.0736. The van der Waals surface area contributed by atoms with E-state index in [0.29, 0.717) is 11.3 Å². The molecule has 0 fully saturated rings. The summed E-state index contributed by atoms with van der Waals surface area (Å²) >= 11 is 0. The average molecular weight is 357 g/mol. The highest BCUT2D eigenvalue weighted by Crippen LogP contribution is 2.29. The number of rotatable bonds is 6. The molecular formula is C20H23NO5. The number of esters is 1. The van der Waals surface area contributed by atoms with E-state index in [1.165, 1.54) is 20.1 Å². The van der Waals surface area contributed by atoms with Gasteiger partial charge in [-0.05, 0) is 27.7 Å². The van der Waals surface area contributed by atoms with Gasteiger partial charge in [-0.15, -0.1) is 0 Å². The summed E-state index contributed by atoms with van der Waals surface area (Å²) in [7, 11) is 1.41. The first-order chi connectivity index (χ1) is 12.1. The molecule has 26 heavy (non-hydrogen) atoms. The van der Waals surface area contributed by atoms with E-state index in [1.54, 1.807) is 51.1 Å². The zero-order valence-electron chi connectivity index (χ0n) is 15.6. The van der Waals surface area contributed by atoms with Gasteiger partial charge in [0.2, 0.25) is 0 Å². The summed E-state index contributed by atoms with van der Waals surface area (Å²) in [5.41, 5.74) is 0.0985. The van der Waals surface area contributed by atoms with Gasteiger partial charge in [-0.25, -0.2) is 4.79 Å². The van der Waals surface area contributed by atoms with Crippen LogP contribution in [-0.4, -0.2) is 35.2 Å². The molecule has 1 aromatic carbocycles. The molecule has 1 heterocycles. The van der Waals surface area contributed by atoms with Gasteiger partial charge in [0.25, 0.3) is 0 Å². The Labute approximate surface area is 152 Å². The van der Waals surface area contributed by atoms with Crippen LogP contribution in [0.15, 0.2) is 36.4 Å². The quantitative estimate of drug-likeness (QED) is 0.485. The number of H-pyrrole nitrogens is 1. The fourth-order valence-corrected chi connectivity index (χ4v) is 2.57. The summed E-state index contributed by atoms with van der Waals surface area (Å²) in [6, 6.07) is 10.0. The van der Waals surface area contributed by atoms with Crippen molar-refractivity contribution in [3.05, 3.63) is 53.3 Å². The average Bonchev–Trinajstić information content (AvgIpc) is 2.98. The van der Waals surface area contributed by atoms with E-state index in [9.17, 15) is 14.4 Å². The molecule has 0 aliphatic rings. The predicted molar refractivity (Wildman–Crippen MR) is 96.7 cm³/mol. The Morgan fingerprint density at radius 2 is 1.69 bits per heavy atom. The zero-order valence-corrected chi connectivity index (χ0v) is 15.6. The summed E-state index contributed by atoms with van der Waals surface area (Å²) < 4.78 is 10.6. The van der Waals surface area contributed by atoms with Crippen LogP contribution >= 0.6 is 0 Å². The molecule has 1 unspecified atom stereocenters. The lowest BCUT2D eigenvalue weighted by atomic mass is 9.91. The molecule has 0 spiro atoms. The molecule has 0 saturated carbocycles. The van der Waals surface area contributed by atoms with Gasteiger partial charge in [-0.2, -0.15) is 0 Å². The number of carbonyl (C=O) groups excluding carboxylic acids is 3. The highest BCUT2D eigenvalue weighted by molar-refractivity contribution is 6.14. The molecule has 0 saturated heterocycles. The maximum atomic E-state index is 12.8. The Balaban J connectivity index is 2.43. The molecule has 0 aliphatic carbocycles. The fourth-order valence-electron chi connectivity index (χ4n) is 2.57. The molecule has 0 amide bonds. The molecule has 0 aliphatic heterocycles. The standard InChI is InChI=1S/C20H23NO5/c1-12(22)16(18(23)13-9-7-6-8-10-13)14-11-15(25-5)17(21-14)19(24)26-20(2,3)4/h6-11,16,21H,1-5H3. The minimum Gasteiger partial charge on any atom is -0.494 e. The van der Waals surface area contributed by atoms with Crippen LogP contribution in [-0.2, 0) is 9.53 Å². The molecule has 2 aromatic rings. The van der Waals surface area contributed by atoms with Crippen LogP contribution in [0.3, 0.4) is 0 Å². The van der Waals surface area contributed by atoms with Crippen molar-refractivity contribution >= 4 is 17.5 Å². The number of ether oxygens (including phenoxy) is 2. The summed E-state index contributed by atoms with van der Waals surface area (Å²) in [4.78, 5) is 40.2. The second-order valence-corrected chi connectivity index (χ2v) is 6.94. The van der Waals surface area contributed by atoms with Crippen molar-refractivity contribution in [2.24, 2.45) is 0 Å². The molecule has 0 bridgehead atoms. The molecule has 1 aromatic heterocycles. The summed E-state index contributed by atoms with van der Waals surface area (Å²) in [6.07, 6.45) is 0. The lowest BCUT2D eigenvalue weighted by molar-refractivity contribution is -0.117. The van der Waals surface area contributed by atoms with Crippen LogP contribution < -0.4 is 4.74 Å². The number of ketones is 2. The predicted octanol–water partition coefficient (Wildman–Crippen LogP) is 3.53. The topological polar surface area (TPSA) is 85.5 Å². The van der Waals surface area contributed by atoms with Gasteiger partial charge >= 0.3 is 5.97 Å². The second-order valence-electron chi connectivity index (χ2n) is 6.94. The SMILES string of the molecule is COc1cc(C(C(C)=O)C(=O)c2ccccc2)[nH]c1C(=O)OC(C)(C)C. The van der Waals surface area contributed by atoms with Crippen molar-refractivity contribution in [1.29, 1.82) is 0 Å². The normalized spacial score (nSPS) is 12.3. The number of aromatic amines is 1. The lowest BCUT2D eigenvalue weighted by Gasteiger charge is -2.19. The first kappa shape index (κ1) is 19.4. The third-order valence-electron chi connectivity index (χ3n) is 3.66. The van der Waals surface area contributed by atoms with Crippen molar-refractivity contribution in [2.75, 3.05) is 7.11 Å². The van der Waals surface area contributed by atoms with Gasteiger partial charge in [-0.1, -0.05) is 30.3 Å². The number of hydrogen-bond acceptors (Lipinski definition) is 5. The molecule has 0 radical (unpaired) electrons. The van der Waals surface area contributed by atoms with E-state index < -0.39 is 17.5 Å². The molecular weight excluding hydrogens is 334 g/mol. The Bertz CT molecular complexity index is 814. The van der Waals surface area contributed by atoms with Crippen molar-refractivity contribution in [1.82, 2.24) is 4.98 Å². The smallest absolute Gasteiger partial charge is 0.359 e. The van der Waals surface area contributed by atoms with E-state index in [2.05, 4.69) is 4.98 Å². The van der Waals surface area contributed by atoms with Crippen LogP contribution in [0.2, 0.25) is 0 Å². The Kier molecular flexibility index (Phi) is 5.65. The fraction of sp³-hybridized carbons (Fsp3) is 0.350. The van der Waals surface area contributed by atoms with Crippen molar-refractivity contribution in [2.45, 2.75) is 39.2 Å². The number of nitrogens with one attached hydrogen (secondary N) is 1. The van der Waals surface area contributed by atoms with Crippen molar-refractivity contribution in [3.63, 3.8) is 0 Å². The van der Waals surface area contributed by atoms with Crippen molar-refractivity contribution in [3.8, 4) is 5.75 Å². The van der Waals surface area contributed by atoms with Gasteiger partial charge in [0.15, 0.2) is 17.2 Å². The van der Waals surface area contributed by atoms with Gasteiger partial charge < -0.3 is 14.5 Å². The monoisotopic (exact) mass is 357 g/mol. The zero-order chi connectivity index (χ0) is 19.5. The molecule has 138 valence electrons. The first-order valence-corrected chi connectivity index (χ1v) is 8.24. The lowest BCUT2D eigenvalue weighted by Crippen LogP contribution is -2.24. The minimum atomic E-state index is -1.05. The number of Topliss-reactive ketones (excluding diaryl/α,β-unsaturated/α-hetero) is 2. The maximum Gasteiger partial charge on any atom is 0.359 e. The molecule has 6 nitrogen and oxygen atoms in total. The molecule has 6 heteroatoms. The maximum absolute atomic E-state index is 12.8. The number of aromatic nitrogens is 1. The van der Waals surface area contributed by atoms with Crippen LogP contribution in [0.1, 0.15) is 60.2 Å². The van der Waals surface area contributed by atoms with Crippen LogP contribution in [0.4, 0.5) is 0 Å². The molecule has 1 atom stereocenters. The third-order valence-corrected chi connectivity index (χ3v) is 3.66. The van der Waals surface area contributed by atoms with Crippen LogP contribution in [0.5, 0.6) is 5.75 Å². The highest BCUT2D eigenvalue weighted by atomic mass is 16.6. The van der Waals surface area contributed by atoms with Gasteiger partial charge in [0.05, 0.1) is 7.11 Å². The number of hydrogen-bond donors (Lipinski definition) is 1. The van der Waals surface area contributed by atoms with E-state index >= 15 is 0 Å². The van der Waals surface area contributed by atoms with E-state index in [0.717, 1.165) is 0 Å². The molecule has 1 N–H and O–H groups in total. The van der Waals surface area contributed by atoms with E-state index in [4.69, 9.17) is 9.47 Å². The van der Waals surface area contributed by atoms with E-state index in [1.807, 2.05) is 0 Å². The van der Waals surface area contributed by atoms with Crippen molar-refractivity contribution < 1.29 is 23.9 Å². The number of benzene rings is 1. The van der Waals surface area contributed by atoms with E-state index in [-0.39, 0.29) is 23.0 Å². The Hall–Kier alpha value is -2.89. The Morgan fingerprint density at radius 3 is 2.19 bits per heavy atom. The van der Waals surface area contributed by atoms with Gasteiger partial charge in [-0.3, -0.25) is 9.59 Å². The van der Waals surface area contributed by atoms with Gasteiger partial charge in [0.1, 0.15) is 17.3 Å². The largest absolute Gasteiger partial charge is 0.494 e. The van der Waals surface area contributed by atoms with Gasteiger partial charge in [0, 0.05) is 17.3 Å².